The molecule has 25 heavy (non-hydrogen) atoms. The Bertz CT molecular complexity index is 827. The lowest BCUT2D eigenvalue weighted by Crippen LogP contribution is -2.10. The van der Waals surface area contributed by atoms with Crippen LogP contribution in [0.4, 0.5) is 0 Å². The molecule has 0 saturated carbocycles. The molecule has 3 rings (SSSR count). The van der Waals surface area contributed by atoms with Crippen LogP contribution in [0.25, 0.3) is 22.3 Å². The SMILES string of the molecule is CC(C)(C)O.CS(=O)(=O)CCCOc1ccc2c(c1)-c1cccc-2c1. The first-order chi connectivity index (χ1) is 11.5. The second kappa shape index (κ2) is 7.58. The number of fused-ring (bicyclic) bond motifs is 5. The monoisotopic (exact) mass is 362 g/mol. The minimum absolute atomic E-state index is 0.165. The van der Waals surface area contributed by atoms with Gasteiger partial charge in [0.05, 0.1) is 18.0 Å². The summed E-state index contributed by atoms with van der Waals surface area (Å²) < 4.78 is 27.7. The van der Waals surface area contributed by atoms with Crippen molar-refractivity contribution >= 4 is 9.84 Å². The van der Waals surface area contributed by atoms with Gasteiger partial charge in [-0.3, -0.25) is 0 Å². The lowest BCUT2D eigenvalue weighted by atomic mass is 10.1. The molecule has 0 aliphatic heterocycles. The van der Waals surface area contributed by atoms with E-state index in [4.69, 9.17) is 9.84 Å². The molecule has 4 nitrogen and oxygen atoms in total. The van der Waals surface area contributed by atoms with Gasteiger partial charge in [0.2, 0.25) is 0 Å². The molecule has 2 aromatic carbocycles. The molecule has 1 aliphatic rings. The number of aliphatic hydroxyl groups is 1. The summed E-state index contributed by atoms with van der Waals surface area (Å²) >= 11 is 0. The fraction of sp³-hybridized carbons (Fsp3) is 0.400. The number of rotatable bonds is 5. The molecular weight excluding hydrogens is 336 g/mol. The Morgan fingerprint density at radius 2 is 1.60 bits per heavy atom. The predicted molar refractivity (Wildman–Crippen MR) is 103 cm³/mol. The van der Waals surface area contributed by atoms with Gasteiger partial charge in [0, 0.05) is 6.26 Å². The molecule has 0 radical (unpaired) electrons. The molecular formula is C20H26O4S. The molecule has 0 amide bonds. The van der Waals surface area contributed by atoms with Crippen LogP contribution in [0.5, 0.6) is 5.75 Å². The molecule has 1 aliphatic carbocycles. The second-order valence-electron chi connectivity index (χ2n) is 7.29. The van der Waals surface area contributed by atoms with Gasteiger partial charge >= 0.3 is 0 Å². The van der Waals surface area contributed by atoms with Crippen LogP contribution in [0, 0.1) is 0 Å². The summed E-state index contributed by atoms with van der Waals surface area (Å²) in [6.45, 7) is 5.65. The summed E-state index contributed by atoms with van der Waals surface area (Å²) in [4.78, 5) is 0. The second-order valence-corrected chi connectivity index (χ2v) is 9.55. The molecule has 2 bridgehead atoms. The predicted octanol–water partition coefficient (Wildman–Crippen LogP) is 3.92. The van der Waals surface area contributed by atoms with Crippen molar-refractivity contribution in [2.75, 3.05) is 18.6 Å². The summed E-state index contributed by atoms with van der Waals surface area (Å²) in [6, 6.07) is 14.4. The van der Waals surface area contributed by atoms with Crippen molar-refractivity contribution in [3.05, 3.63) is 42.5 Å². The third-order valence-electron chi connectivity index (χ3n) is 3.40. The highest BCUT2D eigenvalue weighted by Gasteiger charge is 2.15. The molecule has 0 spiro atoms. The normalized spacial score (nSPS) is 12.2. The Hall–Kier alpha value is -1.85. The van der Waals surface area contributed by atoms with Crippen molar-refractivity contribution in [1.29, 1.82) is 0 Å². The maximum Gasteiger partial charge on any atom is 0.147 e. The molecule has 0 fully saturated rings. The molecule has 0 aromatic heterocycles. The van der Waals surface area contributed by atoms with Gasteiger partial charge in [0.1, 0.15) is 15.6 Å². The molecule has 0 atom stereocenters. The number of benzene rings is 2. The molecule has 2 aromatic rings. The molecule has 1 N–H and O–H groups in total. The van der Waals surface area contributed by atoms with Crippen molar-refractivity contribution in [2.45, 2.75) is 32.8 Å². The summed E-state index contributed by atoms with van der Waals surface area (Å²) in [6.07, 6.45) is 1.76. The van der Waals surface area contributed by atoms with Gasteiger partial charge < -0.3 is 9.84 Å². The van der Waals surface area contributed by atoms with E-state index in [1.807, 2.05) is 12.1 Å². The van der Waals surface area contributed by atoms with Crippen molar-refractivity contribution in [1.82, 2.24) is 0 Å². The van der Waals surface area contributed by atoms with E-state index in [9.17, 15) is 8.42 Å². The van der Waals surface area contributed by atoms with Crippen LogP contribution in [0.15, 0.2) is 42.5 Å². The van der Waals surface area contributed by atoms with Crippen molar-refractivity contribution in [3.8, 4) is 28.0 Å². The van der Waals surface area contributed by atoms with Gasteiger partial charge in [-0.2, -0.15) is 0 Å². The number of hydrogen-bond donors (Lipinski definition) is 1. The third kappa shape index (κ3) is 6.52. The summed E-state index contributed by atoms with van der Waals surface area (Å²) in [5, 5.41) is 8.52. The average molecular weight is 362 g/mol. The summed E-state index contributed by atoms with van der Waals surface area (Å²) in [5.74, 6) is 0.957. The highest BCUT2D eigenvalue weighted by atomic mass is 32.2. The van der Waals surface area contributed by atoms with Crippen LogP contribution in [-0.2, 0) is 9.84 Å². The van der Waals surface area contributed by atoms with E-state index in [2.05, 4.69) is 30.3 Å². The topological polar surface area (TPSA) is 63.6 Å². The van der Waals surface area contributed by atoms with Crippen LogP contribution in [0.3, 0.4) is 0 Å². The highest BCUT2D eigenvalue weighted by molar-refractivity contribution is 7.90. The molecule has 136 valence electrons. The third-order valence-corrected chi connectivity index (χ3v) is 4.43. The van der Waals surface area contributed by atoms with Crippen LogP contribution in [-0.4, -0.2) is 37.7 Å². The molecule has 0 heterocycles. The lowest BCUT2D eigenvalue weighted by molar-refractivity contribution is 0.102. The van der Waals surface area contributed by atoms with Crippen LogP contribution in [0.1, 0.15) is 27.2 Å². The number of ether oxygens (including phenoxy) is 1. The highest BCUT2D eigenvalue weighted by Crippen LogP contribution is 2.41. The molecule has 5 heteroatoms. The van der Waals surface area contributed by atoms with Gasteiger partial charge in [-0.15, -0.1) is 0 Å². The fourth-order valence-electron chi connectivity index (χ4n) is 2.47. The standard InChI is InChI=1S/C16H16O3S.C4H10O/c1-20(17,18)9-3-8-19-14-6-7-15-12-4-2-5-13(10-12)16(15)11-14;1-4(2,3)5/h2,4-7,10-11H,3,8-9H2,1H3;5H,1-3H3. The maximum atomic E-state index is 11.0. The summed E-state index contributed by atoms with van der Waals surface area (Å²) in [5.41, 5.74) is 4.36. The first-order valence-corrected chi connectivity index (χ1v) is 10.4. The maximum absolute atomic E-state index is 11.0. The van der Waals surface area contributed by atoms with E-state index >= 15 is 0 Å². The van der Waals surface area contributed by atoms with Crippen LogP contribution >= 0.6 is 0 Å². The van der Waals surface area contributed by atoms with Gasteiger partial charge in [-0.25, -0.2) is 8.42 Å². The summed E-state index contributed by atoms with van der Waals surface area (Å²) in [7, 11) is -2.91. The molecule has 0 unspecified atom stereocenters. The van der Waals surface area contributed by atoms with E-state index in [1.54, 1.807) is 20.8 Å². The number of sulfone groups is 1. The Morgan fingerprint density at radius 3 is 2.20 bits per heavy atom. The van der Waals surface area contributed by atoms with Crippen LogP contribution in [0.2, 0.25) is 0 Å². The largest absolute Gasteiger partial charge is 0.494 e. The Kier molecular flexibility index (Phi) is 5.91. The van der Waals surface area contributed by atoms with Crippen molar-refractivity contribution in [2.24, 2.45) is 0 Å². The van der Waals surface area contributed by atoms with Crippen molar-refractivity contribution < 1.29 is 18.3 Å². The lowest BCUT2D eigenvalue weighted by Gasteiger charge is -2.08. The first kappa shape index (κ1) is 19.5. The Morgan fingerprint density at radius 1 is 1.00 bits per heavy atom. The zero-order valence-corrected chi connectivity index (χ0v) is 16.1. The van der Waals surface area contributed by atoms with Gasteiger partial charge in [-0.05, 0) is 67.6 Å². The van der Waals surface area contributed by atoms with Gasteiger partial charge in [0.25, 0.3) is 0 Å². The first-order valence-electron chi connectivity index (χ1n) is 8.31. The van der Waals surface area contributed by atoms with E-state index < -0.39 is 15.4 Å². The Balaban J connectivity index is 0.000000399. The van der Waals surface area contributed by atoms with Gasteiger partial charge in [0.15, 0.2) is 0 Å². The fourth-order valence-corrected chi connectivity index (χ4v) is 3.11. The molecule has 0 saturated heterocycles. The average Bonchev–Trinajstić information content (AvgIpc) is 2.72. The zero-order chi connectivity index (χ0) is 18.7. The van der Waals surface area contributed by atoms with Crippen molar-refractivity contribution in [3.63, 3.8) is 0 Å². The smallest absolute Gasteiger partial charge is 0.147 e. The van der Waals surface area contributed by atoms with E-state index in [1.165, 1.54) is 28.5 Å². The van der Waals surface area contributed by atoms with E-state index in [-0.39, 0.29) is 5.75 Å². The zero-order valence-electron chi connectivity index (χ0n) is 15.2. The van der Waals surface area contributed by atoms with Crippen LogP contribution < -0.4 is 4.74 Å². The van der Waals surface area contributed by atoms with E-state index in [0.29, 0.717) is 13.0 Å². The minimum Gasteiger partial charge on any atom is -0.494 e. The van der Waals surface area contributed by atoms with Gasteiger partial charge in [-0.1, -0.05) is 24.3 Å². The Labute approximate surface area is 150 Å². The minimum atomic E-state index is -2.91. The number of hydrogen-bond acceptors (Lipinski definition) is 4. The quantitative estimate of drug-likeness (QED) is 0.699. The van der Waals surface area contributed by atoms with E-state index in [0.717, 1.165) is 5.75 Å².